The predicted octanol–water partition coefficient (Wildman–Crippen LogP) is 3.57. The van der Waals surface area contributed by atoms with Crippen LogP contribution in [-0.2, 0) is 32.3 Å². The lowest BCUT2D eigenvalue weighted by molar-refractivity contribution is -0.149. The predicted molar refractivity (Wildman–Crippen MR) is 164 cm³/mol. The minimum Gasteiger partial charge on any atom is -0.459 e. The van der Waals surface area contributed by atoms with Crippen molar-refractivity contribution in [2.45, 2.75) is 44.5 Å². The first kappa shape index (κ1) is 30.6. The van der Waals surface area contributed by atoms with Gasteiger partial charge in [0.15, 0.2) is 0 Å². The molecule has 1 heterocycles. The number of benzene rings is 3. The Balaban J connectivity index is 1.48. The molecule has 1 aliphatic rings. The first-order valence-electron chi connectivity index (χ1n) is 14.2. The molecule has 218 valence electrons. The van der Waals surface area contributed by atoms with E-state index in [0.29, 0.717) is 31.8 Å². The number of hydrogen-bond donors (Lipinski definition) is 2. The molecule has 3 aromatic carbocycles. The van der Waals surface area contributed by atoms with Gasteiger partial charge in [-0.15, -0.1) is 0 Å². The number of nitrogens with one attached hydrogen (secondary N) is 1. The molecule has 8 nitrogen and oxygen atoms in total. The molecule has 0 radical (unpaired) electrons. The normalized spacial score (nSPS) is 15.7. The summed E-state index contributed by atoms with van der Waals surface area (Å²) in [6.07, 6.45) is 4.22. The van der Waals surface area contributed by atoms with Crippen LogP contribution in [0.1, 0.15) is 30.4 Å². The zero-order chi connectivity index (χ0) is 29.0. The number of ether oxygens (including phenoxy) is 1. The highest BCUT2D eigenvalue weighted by molar-refractivity contribution is 7.98. The monoisotopic (exact) mass is 576 g/mol. The summed E-state index contributed by atoms with van der Waals surface area (Å²) in [6.45, 7) is 1.97. The molecule has 2 amide bonds. The van der Waals surface area contributed by atoms with E-state index in [4.69, 9.17) is 10.5 Å². The van der Waals surface area contributed by atoms with Gasteiger partial charge < -0.3 is 20.7 Å². The molecule has 0 bridgehead atoms. The van der Waals surface area contributed by atoms with Crippen LogP contribution >= 0.6 is 11.8 Å². The van der Waals surface area contributed by atoms with E-state index >= 15 is 0 Å². The lowest BCUT2D eigenvalue weighted by Crippen LogP contribution is -2.49. The Labute approximate surface area is 246 Å². The number of rotatable bonds is 14. The number of likely N-dealkylation sites (tertiary alicyclic amines) is 1. The topological polar surface area (TPSA) is 105 Å². The van der Waals surface area contributed by atoms with E-state index in [1.807, 2.05) is 59.7 Å². The Morgan fingerprint density at radius 1 is 1.07 bits per heavy atom. The fourth-order valence-electron chi connectivity index (χ4n) is 5.38. The van der Waals surface area contributed by atoms with Gasteiger partial charge in [-0.1, -0.05) is 72.8 Å². The molecule has 1 aliphatic heterocycles. The standard InChI is InChI=1S/C32H40N4O4S/c1-41-18-16-29(32(39)40-23-24-9-3-2-4-10-24)34-30(37)22-35(21-27-14-8-17-36(27)31(38)19-33)20-26-13-7-12-25-11-5-6-15-28(25)26/h2-7,9-13,15,27,29H,8,14,16-23,33H2,1H3,(H,34,37)/t27-,29-/m0/s1. The third-order valence-corrected chi connectivity index (χ3v) is 8.08. The number of nitrogens with zero attached hydrogens (tertiary/aromatic N) is 2. The summed E-state index contributed by atoms with van der Waals surface area (Å²) in [7, 11) is 0. The van der Waals surface area contributed by atoms with Crippen molar-refractivity contribution in [1.29, 1.82) is 0 Å². The number of carbonyl (C=O) groups is 3. The summed E-state index contributed by atoms with van der Waals surface area (Å²) in [6, 6.07) is 23.1. The number of hydrogen-bond acceptors (Lipinski definition) is 7. The van der Waals surface area contributed by atoms with Gasteiger partial charge in [0.05, 0.1) is 13.1 Å². The van der Waals surface area contributed by atoms with Crippen molar-refractivity contribution in [2.24, 2.45) is 5.73 Å². The molecule has 0 aromatic heterocycles. The van der Waals surface area contributed by atoms with Crippen molar-refractivity contribution in [3.05, 3.63) is 83.9 Å². The molecule has 3 aromatic rings. The number of fused-ring (bicyclic) bond motifs is 1. The van der Waals surface area contributed by atoms with Gasteiger partial charge in [0, 0.05) is 25.7 Å². The summed E-state index contributed by atoms with van der Waals surface area (Å²) in [5, 5.41) is 5.20. The highest BCUT2D eigenvalue weighted by Crippen LogP contribution is 2.23. The second-order valence-corrected chi connectivity index (χ2v) is 11.4. The van der Waals surface area contributed by atoms with Crippen LogP contribution in [0.5, 0.6) is 0 Å². The molecule has 41 heavy (non-hydrogen) atoms. The van der Waals surface area contributed by atoms with Gasteiger partial charge >= 0.3 is 5.97 Å². The molecule has 1 fully saturated rings. The van der Waals surface area contributed by atoms with Crippen molar-refractivity contribution in [1.82, 2.24) is 15.1 Å². The summed E-state index contributed by atoms with van der Waals surface area (Å²) >= 11 is 1.61. The van der Waals surface area contributed by atoms with E-state index in [1.165, 1.54) is 0 Å². The van der Waals surface area contributed by atoms with Gasteiger partial charge in [0.25, 0.3) is 0 Å². The van der Waals surface area contributed by atoms with Crippen LogP contribution in [0, 0.1) is 0 Å². The van der Waals surface area contributed by atoms with Crippen molar-refractivity contribution in [2.75, 3.05) is 38.2 Å². The minimum absolute atomic E-state index is 0.0167. The average Bonchev–Trinajstić information content (AvgIpc) is 3.46. The summed E-state index contributed by atoms with van der Waals surface area (Å²) in [4.78, 5) is 42.8. The molecule has 2 atom stereocenters. The fraction of sp³-hybridized carbons (Fsp3) is 0.406. The SMILES string of the molecule is CSCC[C@H](NC(=O)CN(Cc1cccc2ccccc12)C[C@@H]1CCCN1C(=O)CN)C(=O)OCc1ccccc1. The Hall–Kier alpha value is -3.40. The van der Waals surface area contributed by atoms with E-state index in [9.17, 15) is 14.4 Å². The Bertz CT molecular complexity index is 1300. The smallest absolute Gasteiger partial charge is 0.329 e. The zero-order valence-electron chi connectivity index (χ0n) is 23.7. The average molecular weight is 577 g/mol. The number of amides is 2. The van der Waals surface area contributed by atoms with E-state index in [1.54, 1.807) is 11.8 Å². The number of esters is 1. The highest BCUT2D eigenvalue weighted by atomic mass is 32.2. The van der Waals surface area contributed by atoms with E-state index in [-0.39, 0.29) is 37.6 Å². The lowest BCUT2D eigenvalue weighted by Gasteiger charge is -2.31. The van der Waals surface area contributed by atoms with Gasteiger partial charge in [-0.05, 0) is 53.2 Å². The maximum atomic E-state index is 13.4. The summed E-state index contributed by atoms with van der Waals surface area (Å²) < 4.78 is 5.56. The Morgan fingerprint density at radius 3 is 2.61 bits per heavy atom. The van der Waals surface area contributed by atoms with Crippen molar-refractivity contribution >= 4 is 40.3 Å². The third-order valence-electron chi connectivity index (χ3n) is 7.44. The van der Waals surface area contributed by atoms with Crippen molar-refractivity contribution < 1.29 is 19.1 Å². The molecule has 0 aliphatic carbocycles. The maximum Gasteiger partial charge on any atom is 0.329 e. The molecule has 9 heteroatoms. The quantitative estimate of drug-likeness (QED) is 0.283. The molecular formula is C32H40N4O4S. The van der Waals surface area contributed by atoms with E-state index in [0.717, 1.165) is 34.7 Å². The lowest BCUT2D eigenvalue weighted by atomic mass is 10.0. The van der Waals surface area contributed by atoms with Gasteiger partial charge in [0.2, 0.25) is 11.8 Å². The van der Waals surface area contributed by atoms with E-state index < -0.39 is 12.0 Å². The van der Waals surface area contributed by atoms with Crippen LogP contribution in [0.2, 0.25) is 0 Å². The molecule has 1 saturated heterocycles. The van der Waals surface area contributed by atoms with Gasteiger partial charge in [-0.25, -0.2) is 4.79 Å². The van der Waals surface area contributed by atoms with Crippen LogP contribution in [0.3, 0.4) is 0 Å². The Morgan fingerprint density at radius 2 is 1.83 bits per heavy atom. The van der Waals surface area contributed by atoms with Crippen LogP contribution < -0.4 is 11.1 Å². The van der Waals surface area contributed by atoms with Crippen LogP contribution in [0.4, 0.5) is 0 Å². The van der Waals surface area contributed by atoms with Crippen LogP contribution in [0.15, 0.2) is 72.8 Å². The van der Waals surface area contributed by atoms with Crippen LogP contribution in [-0.4, -0.2) is 77.9 Å². The minimum atomic E-state index is -0.736. The molecule has 0 saturated carbocycles. The third kappa shape index (κ3) is 8.79. The fourth-order valence-corrected chi connectivity index (χ4v) is 5.85. The number of nitrogens with two attached hydrogens (primary N) is 1. The molecule has 4 rings (SSSR count). The highest BCUT2D eigenvalue weighted by Gasteiger charge is 2.31. The van der Waals surface area contributed by atoms with Crippen molar-refractivity contribution in [3.8, 4) is 0 Å². The second-order valence-electron chi connectivity index (χ2n) is 10.4. The molecule has 3 N–H and O–H groups in total. The maximum absolute atomic E-state index is 13.4. The van der Waals surface area contributed by atoms with E-state index in [2.05, 4.69) is 34.5 Å². The van der Waals surface area contributed by atoms with Gasteiger partial charge in [0.1, 0.15) is 12.6 Å². The van der Waals surface area contributed by atoms with Crippen LogP contribution in [0.25, 0.3) is 10.8 Å². The first-order chi connectivity index (χ1) is 20.0. The number of thioether (sulfide) groups is 1. The molecule has 0 unspecified atom stereocenters. The van der Waals surface area contributed by atoms with Crippen molar-refractivity contribution in [3.63, 3.8) is 0 Å². The van der Waals surface area contributed by atoms with Gasteiger partial charge in [-0.3, -0.25) is 14.5 Å². The van der Waals surface area contributed by atoms with Gasteiger partial charge in [-0.2, -0.15) is 11.8 Å². The molecular weight excluding hydrogens is 536 g/mol. The zero-order valence-corrected chi connectivity index (χ0v) is 24.5. The molecule has 0 spiro atoms. The number of carbonyl (C=O) groups excluding carboxylic acids is 3. The Kier molecular flexibility index (Phi) is 11.6. The first-order valence-corrected chi connectivity index (χ1v) is 15.5. The second kappa shape index (κ2) is 15.6. The largest absolute Gasteiger partial charge is 0.459 e. The summed E-state index contributed by atoms with van der Waals surface area (Å²) in [5.41, 5.74) is 7.68. The summed E-state index contributed by atoms with van der Waals surface area (Å²) in [5.74, 6) is -0.0426.